The highest BCUT2D eigenvalue weighted by Crippen LogP contribution is 2.36. The second-order valence-electron chi connectivity index (χ2n) is 9.09. The van der Waals surface area contributed by atoms with E-state index in [4.69, 9.17) is 4.74 Å². The van der Waals surface area contributed by atoms with E-state index in [1.54, 1.807) is 4.90 Å². The van der Waals surface area contributed by atoms with Crippen LogP contribution in [0.2, 0.25) is 0 Å². The van der Waals surface area contributed by atoms with Gasteiger partial charge < -0.3 is 20.1 Å². The zero-order valence-corrected chi connectivity index (χ0v) is 18.6. The third-order valence-electron chi connectivity index (χ3n) is 5.80. The summed E-state index contributed by atoms with van der Waals surface area (Å²) in [5, 5.41) is 12.4. The number of carbonyl (C=O) groups is 3. The van der Waals surface area contributed by atoms with Crippen molar-refractivity contribution < 1.29 is 24.2 Å². The summed E-state index contributed by atoms with van der Waals surface area (Å²) in [5.41, 5.74) is -0.645. The predicted octanol–water partition coefficient (Wildman–Crippen LogP) is 3.57. The molecule has 1 aromatic rings. The fourth-order valence-corrected chi connectivity index (χ4v) is 3.76. The van der Waals surface area contributed by atoms with E-state index >= 15 is 0 Å². The molecule has 30 heavy (non-hydrogen) atoms. The number of benzene rings is 1. The third kappa shape index (κ3) is 5.52. The standard InChI is InChI=1S/C23H34N2O5/c1-6-16(2)18(19(26)27)24-20(28)23(17-10-8-7-9-11-17)12-14-25(15-13-23)21(29)30-22(3,4)5/h7-11,16,18H,6,12-15H2,1-5H3,(H,24,28)(H,26,27). The molecule has 1 aliphatic rings. The summed E-state index contributed by atoms with van der Waals surface area (Å²) in [7, 11) is 0. The fraction of sp³-hybridized carbons (Fsp3) is 0.609. The van der Waals surface area contributed by atoms with Gasteiger partial charge in [-0.1, -0.05) is 50.6 Å². The summed E-state index contributed by atoms with van der Waals surface area (Å²) in [6.07, 6.45) is 1.04. The molecule has 0 radical (unpaired) electrons. The maximum Gasteiger partial charge on any atom is 0.410 e. The summed E-state index contributed by atoms with van der Waals surface area (Å²) in [4.78, 5) is 39.3. The second kappa shape index (κ2) is 9.49. The van der Waals surface area contributed by atoms with Gasteiger partial charge >= 0.3 is 12.1 Å². The summed E-state index contributed by atoms with van der Waals surface area (Å²) < 4.78 is 5.46. The maximum atomic E-state index is 13.5. The predicted molar refractivity (Wildman–Crippen MR) is 114 cm³/mol. The summed E-state index contributed by atoms with van der Waals surface area (Å²) in [6, 6.07) is 8.45. The van der Waals surface area contributed by atoms with Crippen LogP contribution in [-0.4, -0.2) is 52.7 Å². The fourth-order valence-electron chi connectivity index (χ4n) is 3.76. The van der Waals surface area contributed by atoms with Crippen molar-refractivity contribution in [2.75, 3.05) is 13.1 Å². The Bertz CT molecular complexity index is 749. The van der Waals surface area contributed by atoms with Crippen LogP contribution in [0.15, 0.2) is 30.3 Å². The van der Waals surface area contributed by atoms with Crippen LogP contribution in [0, 0.1) is 5.92 Å². The average Bonchev–Trinajstić information content (AvgIpc) is 2.70. The van der Waals surface area contributed by atoms with Crippen LogP contribution < -0.4 is 5.32 Å². The number of hydrogen-bond donors (Lipinski definition) is 2. The van der Waals surface area contributed by atoms with E-state index in [1.807, 2.05) is 65.0 Å². The van der Waals surface area contributed by atoms with Gasteiger partial charge in [0.15, 0.2) is 0 Å². The summed E-state index contributed by atoms with van der Waals surface area (Å²) in [5.74, 6) is -1.53. The molecule has 7 nitrogen and oxygen atoms in total. The minimum absolute atomic E-state index is 0.193. The van der Waals surface area contributed by atoms with Crippen LogP contribution >= 0.6 is 0 Å². The molecule has 2 rings (SSSR count). The van der Waals surface area contributed by atoms with Gasteiger partial charge in [0.1, 0.15) is 11.6 Å². The van der Waals surface area contributed by atoms with Gasteiger partial charge in [0.2, 0.25) is 5.91 Å². The highest BCUT2D eigenvalue weighted by Gasteiger charge is 2.45. The molecule has 1 saturated heterocycles. The Morgan fingerprint density at radius 2 is 1.73 bits per heavy atom. The van der Waals surface area contributed by atoms with Gasteiger partial charge in [0.05, 0.1) is 5.41 Å². The highest BCUT2D eigenvalue weighted by molar-refractivity contribution is 5.92. The molecule has 2 unspecified atom stereocenters. The average molecular weight is 419 g/mol. The number of carbonyl (C=O) groups excluding carboxylic acids is 2. The summed E-state index contributed by atoms with van der Waals surface area (Å²) >= 11 is 0. The van der Waals surface area contributed by atoms with Gasteiger partial charge in [-0.05, 0) is 45.1 Å². The van der Waals surface area contributed by atoms with Gasteiger partial charge in [-0.15, -0.1) is 0 Å². The van der Waals surface area contributed by atoms with Gasteiger partial charge in [0, 0.05) is 13.1 Å². The highest BCUT2D eigenvalue weighted by atomic mass is 16.6. The zero-order valence-electron chi connectivity index (χ0n) is 18.6. The monoisotopic (exact) mass is 418 g/mol. The normalized spacial score (nSPS) is 18.2. The number of aliphatic carboxylic acids is 1. The van der Waals surface area contributed by atoms with Crippen LogP contribution in [0.5, 0.6) is 0 Å². The molecule has 2 atom stereocenters. The molecule has 0 spiro atoms. The van der Waals surface area contributed by atoms with Crippen LogP contribution in [0.4, 0.5) is 4.79 Å². The number of ether oxygens (including phenoxy) is 1. The molecule has 1 aliphatic heterocycles. The van der Waals surface area contributed by atoms with Crippen molar-refractivity contribution in [2.45, 2.75) is 70.9 Å². The smallest absolute Gasteiger partial charge is 0.410 e. The van der Waals surface area contributed by atoms with Crippen molar-refractivity contribution in [3.05, 3.63) is 35.9 Å². The van der Waals surface area contributed by atoms with Crippen LogP contribution in [0.3, 0.4) is 0 Å². The molecule has 166 valence electrons. The first-order valence-electron chi connectivity index (χ1n) is 10.6. The Morgan fingerprint density at radius 1 is 1.17 bits per heavy atom. The summed E-state index contributed by atoms with van der Waals surface area (Å²) in [6.45, 7) is 9.89. The first-order valence-corrected chi connectivity index (χ1v) is 10.6. The Labute approximate surface area is 178 Å². The van der Waals surface area contributed by atoms with Crippen LogP contribution in [-0.2, 0) is 19.7 Å². The molecule has 0 saturated carbocycles. The van der Waals surface area contributed by atoms with Gasteiger partial charge in [0.25, 0.3) is 0 Å². The van der Waals surface area contributed by atoms with Crippen molar-refractivity contribution >= 4 is 18.0 Å². The van der Waals surface area contributed by atoms with E-state index in [0.717, 1.165) is 5.56 Å². The molecule has 2 N–H and O–H groups in total. The molecule has 1 aromatic carbocycles. The Kier molecular flexibility index (Phi) is 7.50. The Balaban J connectivity index is 2.26. The zero-order chi connectivity index (χ0) is 22.5. The molecular formula is C23H34N2O5. The minimum atomic E-state index is -1.04. The number of nitrogens with one attached hydrogen (secondary N) is 1. The van der Waals surface area contributed by atoms with Gasteiger partial charge in [-0.3, -0.25) is 4.79 Å². The number of likely N-dealkylation sites (tertiary alicyclic amines) is 1. The van der Waals surface area contributed by atoms with Crippen LogP contribution in [0.25, 0.3) is 0 Å². The van der Waals surface area contributed by atoms with E-state index in [1.165, 1.54) is 0 Å². The van der Waals surface area contributed by atoms with E-state index in [2.05, 4.69) is 5.32 Å². The lowest BCUT2D eigenvalue weighted by atomic mass is 9.71. The quantitative estimate of drug-likeness (QED) is 0.736. The van der Waals surface area contributed by atoms with E-state index in [-0.39, 0.29) is 11.8 Å². The SMILES string of the molecule is CCC(C)C(NC(=O)C1(c2ccccc2)CCN(C(=O)OC(C)(C)C)CC1)C(=O)O. The van der Waals surface area contributed by atoms with Gasteiger partial charge in [-0.25, -0.2) is 9.59 Å². The van der Waals surface area contributed by atoms with Gasteiger partial charge in [-0.2, -0.15) is 0 Å². The minimum Gasteiger partial charge on any atom is -0.480 e. The number of amides is 2. The third-order valence-corrected chi connectivity index (χ3v) is 5.80. The maximum absolute atomic E-state index is 13.5. The lowest BCUT2D eigenvalue weighted by molar-refractivity contribution is -0.144. The van der Waals surface area contributed by atoms with Crippen molar-refractivity contribution in [1.82, 2.24) is 10.2 Å². The molecule has 0 aromatic heterocycles. The van der Waals surface area contributed by atoms with E-state index in [0.29, 0.717) is 32.4 Å². The van der Waals surface area contributed by atoms with Crippen molar-refractivity contribution in [3.8, 4) is 0 Å². The molecule has 0 bridgehead atoms. The first kappa shape index (κ1) is 23.7. The topological polar surface area (TPSA) is 95.9 Å². The lowest BCUT2D eigenvalue weighted by Gasteiger charge is -2.42. The number of carboxylic acids is 1. The number of nitrogens with zero attached hydrogens (tertiary/aromatic N) is 1. The number of carboxylic acid groups (broad SMARTS) is 1. The molecule has 2 amide bonds. The van der Waals surface area contributed by atoms with Crippen LogP contribution in [0.1, 0.15) is 59.4 Å². The molecule has 1 fully saturated rings. The van der Waals surface area contributed by atoms with Crippen molar-refractivity contribution in [2.24, 2.45) is 5.92 Å². The molecule has 0 aliphatic carbocycles. The number of hydrogen-bond acceptors (Lipinski definition) is 4. The molecule has 1 heterocycles. The number of piperidine rings is 1. The van der Waals surface area contributed by atoms with Crippen molar-refractivity contribution in [1.29, 1.82) is 0 Å². The Hall–Kier alpha value is -2.57. The van der Waals surface area contributed by atoms with E-state index in [9.17, 15) is 19.5 Å². The largest absolute Gasteiger partial charge is 0.480 e. The second-order valence-corrected chi connectivity index (χ2v) is 9.09. The number of rotatable bonds is 6. The molecule has 7 heteroatoms. The van der Waals surface area contributed by atoms with E-state index < -0.39 is 29.1 Å². The van der Waals surface area contributed by atoms with Crippen molar-refractivity contribution in [3.63, 3.8) is 0 Å². The first-order chi connectivity index (χ1) is 14.0. The Morgan fingerprint density at radius 3 is 2.20 bits per heavy atom. The molecular weight excluding hydrogens is 384 g/mol. The lowest BCUT2D eigenvalue weighted by Crippen LogP contribution is -2.57.